The molecule has 10 aliphatic rings. The number of nitrogens with zero attached hydrogens (tertiary/aromatic N) is 2. The van der Waals surface area contributed by atoms with Gasteiger partial charge in [-0.1, -0.05) is 38.0 Å². The van der Waals surface area contributed by atoms with Crippen LogP contribution >= 0.6 is 0 Å². The Morgan fingerprint density at radius 2 is 1.00 bits per heavy atom. The van der Waals surface area contributed by atoms with Crippen LogP contribution in [-0.2, 0) is 47.9 Å². The fourth-order valence-electron chi connectivity index (χ4n) is 15.0. The first kappa shape index (κ1) is 43.7. The van der Waals surface area contributed by atoms with Crippen molar-refractivity contribution in [2.45, 2.75) is 154 Å². The van der Waals surface area contributed by atoms with Gasteiger partial charge in [-0.3, -0.25) is 19.2 Å². The number of oxime groups is 2. The van der Waals surface area contributed by atoms with Gasteiger partial charge >= 0.3 is 11.9 Å². The molecule has 348 valence electrons. The van der Waals surface area contributed by atoms with E-state index in [1.165, 1.54) is 0 Å². The van der Waals surface area contributed by atoms with Gasteiger partial charge < -0.3 is 40.4 Å². The van der Waals surface area contributed by atoms with Crippen LogP contribution in [-0.4, -0.2) is 109 Å². The summed E-state index contributed by atoms with van der Waals surface area (Å²) in [5, 5.41) is 22.3. The van der Waals surface area contributed by atoms with Gasteiger partial charge in [-0.15, -0.1) is 0 Å². The van der Waals surface area contributed by atoms with Crippen LogP contribution in [0.2, 0.25) is 0 Å². The number of Topliss-reactive ketones (excluding diaryl/α,β-unsaturated/α-hetero) is 2. The third-order valence-electron chi connectivity index (χ3n) is 19.0. The summed E-state index contributed by atoms with van der Waals surface area (Å²) in [5.41, 5.74) is -1.05. The summed E-state index contributed by atoms with van der Waals surface area (Å²) in [6, 6.07) is -0.756. The van der Waals surface area contributed by atoms with E-state index in [1.54, 1.807) is 0 Å². The van der Waals surface area contributed by atoms with Gasteiger partial charge in [0.25, 0.3) is 0 Å². The van der Waals surface area contributed by atoms with E-state index in [0.717, 1.165) is 38.1 Å². The van der Waals surface area contributed by atoms with E-state index < -0.39 is 45.8 Å². The van der Waals surface area contributed by atoms with Gasteiger partial charge in [-0.25, -0.2) is 9.59 Å². The number of ketones is 2. The lowest BCUT2D eigenvalue weighted by atomic mass is 9.48. The first-order valence-electron chi connectivity index (χ1n) is 24.2. The molecule has 0 spiro atoms. The van der Waals surface area contributed by atoms with Crippen molar-refractivity contribution < 1.29 is 47.9 Å². The van der Waals surface area contributed by atoms with Gasteiger partial charge in [0.2, 0.25) is 11.8 Å². The largest absolute Gasteiger partial charge is 0.458 e. The molecule has 10 fully saturated rings. The van der Waals surface area contributed by atoms with Crippen LogP contribution in [0.3, 0.4) is 0 Å². The first-order chi connectivity index (χ1) is 30.6. The molecule has 2 amide bonds. The molecule has 4 aliphatic heterocycles. The molecule has 0 bridgehead atoms. The number of ether oxygens (including phenoxy) is 2. The van der Waals surface area contributed by atoms with Crippen LogP contribution in [0.4, 0.5) is 0 Å². The standard InChI is InChI=1S/C48H66N6O10/c1-45-15-11-31-41(29(45)5-7-35(45)55)43(59)51-33-19-25(53-63-27-13-17-49-23-27)21-37(47(31,33)3)61-39(57)9-10-40(58)62-38-22-26(54-64-28-14-18-50-24-28)20-34-48(38,4)32-12-16-46(2)30(6-8-36(46)56)42(32)44(60)52-34/h9-10,27-34,37-38,41-42,49-50H,5-8,11-24H2,1-4H3,(H,51,59)(H,52,60)/b10-9+,53-25?,54-26?/t27-,28-,29+,30+,31-,32-,33?,34?,37?,38?,41+,42+,45+,46+,47-,48-/m1/s1. The zero-order chi connectivity index (χ0) is 44.8. The minimum atomic E-state index is -0.717. The number of piperidine rings is 2. The van der Waals surface area contributed by atoms with Crippen molar-refractivity contribution in [2.24, 2.45) is 67.5 Å². The summed E-state index contributed by atoms with van der Waals surface area (Å²) in [6.07, 6.45) is 8.83. The molecule has 4 N–H and O–H groups in total. The minimum Gasteiger partial charge on any atom is -0.458 e. The lowest BCUT2D eigenvalue weighted by molar-refractivity contribution is -0.179. The van der Waals surface area contributed by atoms with Crippen LogP contribution in [0.25, 0.3) is 0 Å². The highest BCUT2D eigenvalue weighted by Gasteiger charge is 2.68. The van der Waals surface area contributed by atoms with E-state index in [1.807, 2.05) is 13.8 Å². The fourth-order valence-corrected chi connectivity index (χ4v) is 15.0. The molecule has 4 heterocycles. The SMILES string of the molecule is C[C@@]12C(CC(=NO[C@@H]3CCNC3)CC1OC(=O)/C=C/C(=O)OC1CC(=NO[C@@H]3CCNC3)CC3NC(=O)[C@@H]4[C@@H](CC[C@]5(C)C(=O)CC[C@@H]45)[C@]31C)NC(=O)[C@@H]1[C@H]2CC[C@]2(C)C(=O)CC[C@@H]12. The summed E-state index contributed by atoms with van der Waals surface area (Å²) < 4.78 is 12.8. The molecule has 16 heteroatoms. The third kappa shape index (κ3) is 7.04. The monoisotopic (exact) mass is 886 g/mol. The zero-order valence-electron chi connectivity index (χ0n) is 37.8. The maximum Gasteiger partial charge on any atom is 0.331 e. The number of carbonyl (C=O) groups is 6. The molecule has 6 saturated carbocycles. The van der Waals surface area contributed by atoms with Crippen molar-refractivity contribution in [3.63, 3.8) is 0 Å². The molecule has 6 aliphatic carbocycles. The molecular weight excluding hydrogens is 821 g/mol. The van der Waals surface area contributed by atoms with Gasteiger partial charge in [0.05, 0.1) is 11.4 Å². The highest BCUT2D eigenvalue weighted by Crippen LogP contribution is 2.63. The van der Waals surface area contributed by atoms with Crippen molar-refractivity contribution in [1.29, 1.82) is 0 Å². The van der Waals surface area contributed by atoms with E-state index in [2.05, 4.69) is 45.4 Å². The maximum atomic E-state index is 14.0. The molecule has 16 atom stereocenters. The van der Waals surface area contributed by atoms with Crippen molar-refractivity contribution >= 4 is 46.7 Å². The predicted molar refractivity (Wildman–Crippen MR) is 231 cm³/mol. The predicted octanol–water partition coefficient (Wildman–Crippen LogP) is 3.46. The van der Waals surface area contributed by atoms with Gasteiger partial charge in [0, 0.05) is 122 Å². The van der Waals surface area contributed by atoms with Crippen LogP contribution in [0.15, 0.2) is 22.5 Å². The lowest BCUT2D eigenvalue weighted by Crippen LogP contribution is -2.70. The van der Waals surface area contributed by atoms with Crippen molar-refractivity contribution in [3.05, 3.63) is 12.2 Å². The Balaban J connectivity index is 0.892. The molecule has 0 aromatic carbocycles. The van der Waals surface area contributed by atoms with Crippen LogP contribution < -0.4 is 21.3 Å². The van der Waals surface area contributed by atoms with E-state index in [0.29, 0.717) is 102 Å². The van der Waals surface area contributed by atoms with Crippen molar-refractivity contribution in [1.82, 2.24) is 21.3 Å². The summed E-state index contributed by atoms with van der Waals surface area (Å²) >= 11 is 0. The van der Waals surface area contributed by atoms with Crippen molar-refractivity contribution in [3.8, 4) is 0 Å². The highest BCUT2D eigenvalue weighted by atomic mass is 16.6. The number of rotatable bonds is 8. The molecule has 4 unspecified atom stereocenters. The summed E-state index contributed by atoms with van der Waals surface area (Å²) in [4.78, 5) is 94.3. The number of hydrogen-bond donors (Lipinski definition) is 4. The second kappa shape index (κ2) is 16.3. The molecule has 0 aromatic heterocycles. The Kier molecular flexibility index (Phi) is 11.1. The molecule has 64 heavy (non-hydrogen) atoms. The average Bonchev–Trinajstić information content (AvgIpc) is 4.09. The quantitative estimate of drug-likeness (QED) is 0.157. The highest BCUT2D eigenvalue weighted by molar-refractivity contribution is 5.95. The number of hydrogen-bond acceptors (Lipinski definition) is 14. The lowest BCUT2D eigenvalue weighted by Gasteiger charge is -2.60. The fraction of sp³-hybridized carbons (Fsp3) is 0.792. The van der Waals surface area contributed by atoms with Crippen LogP contribution in [0, 0.1) is 57.2 Å². The maximum absolute atomic E-state index is 14.0. The third-order valence-corrected chi connectivity index (χ3v) is 19.0. The summed E-state index contributed by atoms with van der Waals surface area (Å²) in [6.45, 7) is 11.3. The zero-order valence-corrected chi connectivity index (χ0v) is 37.8. The minimum absolute atomic E-state index is 0.0511. The second-order valence-corrected chi connectivity index (χ2v) is 21.9. The molecule has 0 radical (unpaired) electrons. The second-order valence-electron chi connectivity index (χ2n) is 21.9. The van der Waals surface area contributed by atoms with Crippen LogP contribution in [0.5, 0.6) is 0 Å². The summed E-state index contributed by atoms with van der Waals surface area (Å²) in [7, 11) is 0. The molecular formula is C48H66N6O10. The molecule has 10 rings (SSSR count). The van der Waals surface area contributed by atoms with Gasteiger partial charge in [-0.05, 0) is 75.3 Å². The van der Waals surface area contributed by atoms with Gasteiger partial charge in [0.1, 0.15) is 36.0 Å². The first-order valence-corrected chi connectivity index (χ1v) is 24.2. The van der Waals surface area contributed by atoms with Gasteiger partial charge in [0.15, 0.2) is 0 Å². The molecule has 4 saturated heterocycles. The normalized spacial score (nSPS) is 47.2. The average molecular weight is 887 g/mol. The summed E-state index contributed by atoms with van der Waals surface area (Å²) in [5.74, 6) is -2.29. The van der Waals surface area contributed by atoms with Crippen LogP contribution in [0.1, 0.15) is 118 Å². The Hall–Kier alpha value is -4.18. The number of fused-ring (bicyclic) bond motifs is 10. The van der Waals surface area contributed by atoms with Gasteiger partial charge in [-0.2, -0.15) is 0 Å². The number of esters is 2. The van der Waals surface area contributed by atoms with E-state index >= 15 is 0 Å². The Morgan fingerprint density at radius 1 is 0.578 bits per heavy atom. The smallest absolute Gasteiger partial charge is 0.331 e. The topological polar surface area (TPSA) is 212 Å². The number of amides is 2. The van der Waals surface area contributed by atoms with Crippen molar-refractivity contribution in [2.75, 3.05) is 26.2 Å². The van der Waals surface area contributed by atoms with E-state index in [9.17, 15) is 28.8 Å². The molecule has 16 nitrogen and oxygen atoms in total. The van der Waals surface area contributed by atoms with E-state index in [-0.39, 0.29) is 83.2 Å². The Labute approximate surface area is 374 Å². The van der Waals surface area contributed by atoms with E-state index in [4.69, 9.17) is 19.1 Å². The Morgan fingerprint density at radius 3 is 1.39 bits per heavy atom. The number of nitrogens with one attached hydrogen (secondary N) is 4. The Bertz CT molecular complexity index is 1920. The molecule has 0 aromatic rings. The number of carbonyl (C=O) groups excluding carboxylic acids is 6.